The van der Waals surface area contributed by atoms with Crippen molar-refractivity contribution in [2.75, 3.05) is 34.3 Å². The smallest absolute Gasteiger partial charge is 0.262 e. The average molecular weight is 601 g/mol. The molecule has 2 saturated carbocycles. The summed E-state index contributed by atoms with van der Waals surface area (Å²) < 4.78 is 13.0. The maximum absolute atomic E-state index is 14.6. The van der Waals surface area contributed by atoms with E-state index in [2.05, 4.69) is 51.4 Å². The topological polar surface area (TPSA) is 66.8 Å². The monoisotopic (exact) mass is 600 g/mol. The minimum Gasteiger partial charge on any atom is -0.497 e. The van der Waals surface area contributed by atoms with E-state index in [1.807, 2.05) is 24.5 Å². The van der Waals surface area contributed by atoms with E-state index < -0.39 is 5.41 Å². The molecular weight excluding hydrogens is 556 g/mol. The highest BCUT2D eigenvalue weighted by atomic mass is 32.2. The Hall–Kier alpha value is -2.97. The number of fused-ring (bicyclic) bond motifs is 7. The predicted octanol–water partition coefficient (Wildman–Crippen LogP) is 6.97. The summed E-state index contributed by atoms with van der Waals surface area (Å²) >= 11 is 1.29. The number of amides is 2. The Balaban J connectivity index is 1.46. The molecule has 228 valence electrons. The maximum atomic E-state index is 14.6. The maximum Gasteiger partial charge on any atom is 0.262 e. The van der Waals surface area contributed by atoms with Crippen LogP contribution in [-0.4, -0.2) is 59.9 Å². The lowest BCUT2D eigenvalue weighted by atomic mass is 9.81. The number of rotatable bonds is 6. The highest BCUT2D eigenvalue weighted by Crippen LogP contribution is 2.70. The lowest BCUT2D eigenvalue weighted by Gasteiger charge is -2.32. The minimum absolute atomic E-state index is 0.106. The van der Waals surface area contributed by atoms with Gasteiger partial charge in [-0.1, -0.05) is 32.3 Å². The lowest BCUT2D eigenvalue weighted by molar-refractivity contribution is -0.139. The van der Waals surface area contributed by atoms with Crippen LogP contribution in [0.3, 0.4) is 0 Å². The molecule has 0 radical (unpaired) electrons. The number of ether oxygens (including phenoxy) is 1. The van der Waals surface area contributed by atoms with Gasteiger partial charge in [-0.25, -0.2) is 4.31 Å². The molecule has 1 aromatic heterocycles. The van der Waals surface area contributed by atoms with Crippen molar-refractivity contribution in [1.29, 1.82) is 0 Å². The molecule has 8 heteroatoms. The molecule has 2 amide bonds. The summed E-state index contributed by atoms with van der Waals surface area (Å²) in [5.41, 5.74) is 6.36. The molecule has 1 saturated heterocycles. The molecule has 2 aliphatic heterocycles. The van der Waals surface area contributed by atoms with Crippen LogP contribution in [0.2, 0.25) is 0 Å². The number of carbonyl (C=O) groups excluding carboxylic acids is 2. The van der Waals surface area contributed by atoms with Gasteiger partial charge in [0.25, 0.3) is 5.91 Å². The van der Waals surface area contributed by atoms with Crippen LogP contribution < -0.4 is 9.46 Å². The number of hydrogen-bond acceptors (Lipinski definition) is 5. The average Bonchev–Trinajstić information content (AvgIpc) is 3.55. The van der Waals surface area contributed by atoms with Gasteiger partial charge in [-0.15, -0.1) is 0 Å². The molecule has 3 fully saturated rings. The molecule has 2 aliphatic carbocycles. The van der Waals surface area contributed by atoms with Crippen molar-refractivity contribution in [3.8, 4) is 17.0 Å². The Morgan fingerprint density at radius 3 is 2.47 bits per heavy atom. The van der Waals surface area contributed by atoms with Crippen LogP contribution in [0.15, 0.2) is 36.4 Å². The van der Waals surface area contributed by atoms with Crippen LogP contribution in [0, 0.1) is 11.3 Å². The quantitative estimate of drug-likeness (QED) is 0.310. The summed E-state index contributed by atoms with van der Waals surface area (Å²) in [4.78, 5) is 30.0. The van der Waals surface area contributed by atoms with Crippen molar-refractivity contribution in [3.05, 3.63) is 53.1 Å². The Labute approximate surface area is 259 Å². The Bertz CT molecular complexity index is 1570. The van der Waals surface area contributed by atoms with Crippen LogP contribution in [0.1, 0.15) is 91.6 Å². The van der Waals surface area contributed by atoms with E-state index in [1.54, 1.807) is 7.11 Å². The van der Waals surface area contributed by atoms with Gasteiger partial charge in [0, 0.05) is 59.7 Å². The number of likely N-dealkylation sites (tertiary alicyclic amines) is 1. The van der Waals surface area contributed by atoms with Gasteiger partial charge in [-0.05, 0) is 99.5 Å². The first-order chi connectivity index (χ1) is 20.8. The number of nitrogens with one attached hydrogen (secondary N) is 1. The van der Waals surface area contributed by atoms with E-state index in [4.69, 9.17) is 4.74 Å². The number of aromatic nitrogens is 1. The van der Waals surface area contributed by atoms with Gasteiger partial charge in [-0.2, -0.15) is 0 Å². The number of methoxy groups -OCH3 is 1. The lowest BCUT2D eigenvalue weighted by Crippen LogP contribution is -2.43. The van der Waals surface area contributed by atoms with E-state index in [9.17, 15) is 9.59 Å². The largest absolute Gasteiger partial charge is 0.497 e. The molecule has 1 N–H and O–H groups in total. The first-order valence-corrected chi connectivity index (χ1v) is 16.9. The first-order valence-electron chi connectivity index (χ1n) is 16.1. The molecule has 43 heavy (non-hydrogen) atoms. The van der Waals surface area contributed by atoms with Gasteiger partial charge in [0.15, 0.2) is 0 Å². The predicted molar refractivity (Wildman–Crippen MR) is 173 cm³/mol. The summed E-state index contributed by atoms with van der Waals surface area (Å²) in [6, 6.07) is 12.7. The van der Waals surface area contributed by atoms with E-state index in [1.165, 1.54) is 78.4 Å². The second-order valence-corrected chi connectivity index (χ2v) is 14.5. The third-order valence-corrected chi connectivity index (χ3v) is 11.4. The Morgan fingerprint density at radius 1 is 1.00 bits per heavy atom. The van der Waals surface area contributed by atoms with Crippen LogP contribution in [-0.2, 0) is 11.3 Å². The molecule has 3 atom stereocenters. The molecule has 1 unspecified atom stereocenters. The molecule has 3 heterocycles. The van der Waals surface area contributed by atoms with Crippen molar-refractivity contribution in [2.24, 2.45) is 11.3 Å². The van der Waals surface area contributed by atoms with Crippen molar-refractivity contribution < 1.29 is 14.3 Å². The number of hydrogen-bond donors (Lipinski definition) is 1. The summed E-state index contributed by atoms with van der Waals surface area (Å²) in [6.07, 6.45) is 9.49. The molecule has 0 bridgehead atoms. The zero-order valence-corrected chi connectivity index (χ0v) is 26.8. The second-order valence-electron chi connectivity index (χ2n) is 13.4. The van der Waals surface area contributed by atoms with Crippen molar-refractivity contribution >= 4 is 34.9 Å². The summed E-state index contributed by atoms with van der Waals surface area (Å²) in [5.74, 6) is 1.88. The SMILES string of the molecule is COc1ccc2c(c1)C1[C@H](C)[C@]1(C(=O)N1CCCCC1)Cn1c-2c(C2CCCCC2)c2ccc(C(=O)NSN(C)C)cc21. The zero-order chi connectivity index (χ0) is 29.9. The molecule has 0 spiro atoms. The summed E-state index contributed by atoms with van der Waals surface area (Å²) in [6.45, 7) is 4.62. The van der Waals surface area contributed by atoms with Gasteiger partial charge in [0.05, 0.1) is 18.2 Å². The first kappa shape index (κ1) is 28.8. The second kappa shape index (κ2) is 11.2. The number of piperidine rings is 1. The van der Waals surface area contributed by atoms with Crippen LogP contribution >= 0.6 is 12.1 Å². The fourth-order valence-electron chi connectivity index (χ4n) is 8.58. The molecular formula is C35H44N4O3S. The van der Waals surface area contributed by atoms with E-state index >= 15 is 0 Å². The molecule has 2 aromatic carbocycles. The van der Waals surface area contributed by atoms with Crippen molar-refractivity contribution in [1.82, 2.24) is 18.5 Å². The molecule has 7 rings (SSSR count). The molecule has 3 aromatic rings. The fourth-order valence-corrected chi connectivity index (χ4v) is 8.96. The standard InChI is InChI=1S/C35H44N4O3S/c1-22-31-28-20-25(42-4)14-16-26(28)32-30(23-11-7-5-8-12-23)27-15-13-24(33(40)36-43-37(2)3)19-29(27)39(32)21-35(22,31)34(41)38-17-9-6-10-18-38/h13-16,19-20,22-23,31H,5-12,17-18,21H2,1-4H3,(H,36,40)/t22-,31?,35+/m0/s1. The van der Waals surface area contributed by atoms with Gasteiger partial charge >= 0.3 is 0 Å². The third kappa shape index (κ3) is 4.67. The van der Waals surface area contributed by atoms with Crippen LogP contribution in [0.25, 0.3) is 22.2 Å². The van der Waals surface area contributed by atoms with Gasteiger partial charge < -0.3 is 14.2 Å². The zero-order valence-electron chi connectivity index (χ0n) is 25.9. The van der Waals surface area contributed by atoms with Crippen molar-refractivity contribution in [3.63, 3.8) is 0 Å². The normalized spacial score (nSPS) is 25.1. The summed E-state index contributed by atoms with van der Waals surface area (Å²) in [5, 5.41) is 1.23. The van der Waals surface area contributed by atoms with Crippen molar-refractivity contribution in [2.45, 2.75) is 76.7 Å². The highest BCUT2D eigenvalue weighted by molar-refractivity contribution is 7.95. The van der Waals surface area contributed by atoms with E-state index in [0.29, 0.717) is 23.9 Å². The van der Waals surface area contributed by atoms with E-state index in [0.717, 1.165) is 37.2 Å². The van der Waals surface area contributed by atoms with E-state index in [-0.39, 0.29) is 17.7 Å². The Kier molecular flexibility index (Phi) is 7.49. The van der Waals surface area contributed by atoms with Gasteiger partial charge in [-0.3, -0.25) is 14.3 Å². The van der Waals surface area contributed by atoms with Crippen LogP contribution in [0.5, 0.6) is 5.75 Å². The van der Waals surface area contributed by atoms with Gasteiger partial charge in [0.2, 0.25) is 5.91 Å². The Morgan fingerprint density at radius 2 is 1.74 bits per heavy atom. The molecule has 4 aliphatic rings. The number of benzene rings is 2. The molecule has 7 nitrogen and oxygen atoms in total. The van der Waals surface area contributed by atoms with Crippen LogP contribution in [0.4, 0.5) is 0 Å². The van der Waals surface area contributed by atoms with Gasteiger partial charge in [0.1, 0.15) is 5.75 Å². The number of nitrogens with zero attached hydrogens (tertiary/aromatic N) is 3. The minimum atomic E-state index is -0.501. The summed E-state index contributed by atoms with van der Waals surface area (Å²) in [7, 11) is 5.55. The highest BCUT2D eigenvalue weighted by Gasteiger charge is 2.70. The fraction of sp³-hybridized carbons (Fsp3) is 0.543. The number of carbonyl (C=O) groups is 2. The third-order valence-electron chi connectivity index (χ3n) is 10.8.